The molecule has 0 saturated heterocycles. The lowest BCUT2D eigenvalue weighted by atomic mass is 9.87. The molecular weight excluding hydrogens is 268 g/mol. The highest BCUT2D eigenvalue weighted by atomic mass is 16.4. The van der Waals surface area contributed by atoms with Crippen LogP contribution in [0, 0.1) is 0 Å². The number of aliphatic carboxylic acids is 1. The molecule has 2 N–H and O–H groups in total. The number of carbonyl (C=O) groups excluding carboxylic acids is 1. The van der Waals surface area contributed by atoms with Crippen molar-refractivity contribution in [1.82, 2.24) is 9.88 Å². The number of rotatable bonds is 5. The Morgan fingerprint density at radius 3 is 2.33 bits per heavy atom. The number of benzene rings is 1. The molecule has 1 amide bonds. The number of aryl methyl sites for hydroxylation is 1. The zero-order valence-electron chi connectivity index (χ0n) is 12.0. The van der Waals surface area contributed by atoms with Crippen molar-refractivity contribution in [3.63, 3.8) is 0 Å². The Morgan fingerprint density at radius 2 is 1.86 bits per heavy atom. The van der Waals surface area contributed by atoms with Crippen molar-refractivity contribution in [2.24, 2.45) is 7.05 Å². The lowest BCUT2D eigenvalue weighted by Gasteiger charge is -2.30. The van der Waals surface area contributed by atoms with E-state index in [1.165, 1.54) is 0 Å². The van der Waals surface area contributed by atoms with Crippen LogP contribution in [0.3, 0.4) is 0 Å². The van der Waals surface area contributed by atoms with Crippen LogP contribution in [0.4, 0.5) is 0 Å². The van der Waals surface area contributed by atoms with Gasteiger partial charge in [-0.3, -0.25) is 4.79 Å². The van der Waals surface area contributed by atoms with Gasteiger partial charge in [-0.1, -0.05) is 37.3 Å². The Labute approximate surface area is 123 Å². The number of nitrogens with zero attached hydrogens (tertiary/aromatic N) is 1. The van der Waals surface area contributed by atoms with Crippen LogP contribution in [0.1, 0.15) is 29.4 Å². The van der Waals surface area contributed by atoms with E-state index in [2.05, 4.69) is 5.32 Å². The van der Waals surface area contributed by atoms with E-state index in [9.17, 15) is 14.7 Å². The van der Waals surface area contributed by atoms with Gasteiger partial charge in [-0.15, -0.1) is 0 Å². The molecule has 0 aliphatic carbocycles. The van der Waals surface area contributed by atoms with Gasteiger partial charge >= 0.3 is 5.97 Å². The van der Waals surface area contributed by atoms with Crippen LogP contribution in [0.5, 0.6) is 0 Å². The zero-order valence-corrected chi connectivity index (χ0v) is 12.0. The Bertz CT molecular complexity index is 649. The summed E-state index contributed by atoms with van der Waals surface area (Å²) in [6.07, 6.45) is 1.99. The molecule has 5 nitrogen and oxygen atoms in total. The fraction of sp³-hybridized carbons (Fsp3) is 0.250. The Balaban J connectivity index is 2.41. The summed E-state index contributed by atoms with van der Waals surface area (Å²) in [5.41, 5.74) is -0.449. The fourth-order valence-electron chi connectivity index (χ4n) is 2.37. The van der Waals surface area contributed by atoms with Crippen molar-refractivity contribution in [2.75, 3.05) is 0 Å². The van der Waals surface area contributed by atoms with Crippen molar-refractivity contribution in [3.05, 3.63) is 59.9 Å². The first kappa shape index (κ1) is 14.8. The van der Waals surface area contributed by atoms with E-state index < -0.39 is 17.4 Å². The van der Waals surface area contributed by atoms with Crippen LogP contribution < -0.4 is 5.32 Å². The predicted molar refractivity (Wildman–Crippen MR) is 78.9 cm³/mol. The van der Waals surface area contributed by atoms with Gasteiger partial charge < -0.3 is 15.0 Å². The van der Waals surface area contributed by atoms with Gasteiger partial charge in [-0.2, -0.15) is 0 Å². The molecule has 2 aromatic rings. The number of nitrogens with one attached hydrogen (secondary N) is 1. The normalized spacial score (nSPS) is 13.4. The van der Waals surface area contributed by atoms with Crippen LogP contribution in [0.25, 0.3) is 0 Å². The molecule has 0 spiro atoms. The largest absolute Gasteiger partial charge is 0.479 e. The molecule has 1 heterocycles. The molecule has 5 heteroatoms. The van der Waals surface area contributed by atoms with E-state index in [1.54, 1.807) is 61.1 Å². The summed E-state index contributed by atoms with van der Waals surface area (Å²) in [5.74, 6) is -1.48. The van der Waals surface area contributed by atoms with Crippen LogP contribution in [0.2, 0.25) is 0 Å². The third-order valence-electron chi connectivity index (χ3n) is 3.67. The number of amides is 1. The first-order chi connectivity index (χ1) is 10.0. The van der Waals surface area contributed by atoms with Gasteiger partial charge in [0.05, 0.1) is 0 Å². The molecule has 0 aliphatic rings. The minimum Gasteiger partial charge on any atom is -0.479 e. The molecule has 21 heavy (non-hydrogen) atoms. The van der Waals surface area contributed by atoms with Crippen molar-refractivity contribution in [2.45, 2.75) is 18.9 Å². The predicted octanol–water partition coefficient (Wildman–Crippen LogP) is 2.15. The second kappa shape index (κ2) is 5.83. The van der Waals surface area contributed by atoms with Gasteiger partial charge in [0.1, 0.15) is 5.69 Å². The van der Waals surface area contributed by atoms with E-state index in [1.807, 2.05) is 6.07 Å². The summed E-state index contributed by atoms with van der Waals surface area (Å²) >= 11 is 0. The highest BCUT2D eigenvalue weighted by molar-refractivity contribution is 5.97. The van der Waals surface area contributed by atoms with Crippen molar-refractivity contribution in [1.29, 1.82) is 0 Å². The molecule has 0 unspecified atom stereocenters. The smallest absolute Gasteiger partial charge is 0.334 e. The third-order valence-corrected chi connectivity index (χ3v) is 3.67. The van der Waals surface area contributed by atoms with Crippen molar-refractivity contribution in [3.8, 4) is 0 Å². The summed E-state index contributed by atoms with van der Waals surface area (Å²) < 4.78 is 1.66. The second-order valence-electron chi connectivity index (χ2n) is 4.89. The van der Waals surface area contributed by atoms with Crippen LogP contribution >= 0.6 is 0 Å². The standard InChI is InChI=1S/C16H18N2O3/c1-3-16(15(20)21,12-8-5-4-6-9-12)17-14(19)13-10-7-11-18(13)2/h4-11H,3H2,1-2H3,(H,17,19)(H,20,21)/t16-/m0/s1. The number of hydrogen-bond acceptors (Lipinski definition) is 2. The van der Waals surface area contributed by atoms with Gasteiger partial charge in [0.15, 0.2) is 5.54 Å². The number of aromatic nitrogens is 1. The molecule has 0 bridgehead atoms. The monoisotopic (exact) mass is 286 g/mol. The van der Waals surface area contributed by atoms with E-state index in [4.69, 9.17) is 0 Å². The quantitative estimate of drug-likeness (QED) is 0.884. The van der Waals surface area contributed by atoms with Crippen molar-refractivity contribution < 1.29 is 14.7 Å². The summed E-state index contributed by atoms with van der Waals surface area (Å²) in [7, 11) is 1.74. The van der Waals surface area contributed by atoms with Gasteiger partial charge in [0.2, 0.25) is 0 Å². The molecule has 1 aromatic carbocycles. The fourth-order valence-corrected chi connectivity index (χ4v) is 2.37. The summed E-state index contributed by atoms with van der Waals surface area (Å²) in [4.78, 5) is 24.2. The van der Waals surface area contributed by atoms with Crippen LogP contribution in [0.15, 0.2) is 48.7 Å². The first-order valence-corrected chi connectivity index (χ1v) is 6.74. The highest BCUT2D eigenvalue weighted by Crippen LogP contribution is 2.26. The molecule has 1 atom stereocenters. The summed E-state index contributed by atoms with van der Waals surface area (Å²) in [6.45, 7) is 1.74. The Hall–Kier alpha value is -2.56. The highest BCUT2D eigenvalue weighted by Gasteiger charge is 2.40. The topological polar surface area (TPSA) is 71.3 Å². The molecule has 0 radical (unpaired) electrons. The minimum absolute atomic E-state index is 0.252. The molecular formula is C16H18N2O3. The van der Waals surface area contributed by atoms with E-state index in [-0.39, 0.29) is 6.42 Å². The van der Waals surface area contributed by atoms with E-state index in [0.717, 1.165) is 0 Å². The van der Waals surface area contributed by atoms with Crippen LogP contribution in [-0.2, 0) is 17.4 Å². The Morgan fingerprint density at radius 1 is 1.19 bits per heavy atom. The number of carboxylic acid groups (broad SMARTS) is 1. The molecule has 0 fully saturated rings. The van der Waals surface area contributed by atoms with Gasteiger partial charge in [-0.05, 0) is 24.1 Å². The molecule has 1 aromatic heterocycles. The summed E-state index contributed by atoms with van der Waals surface area (Å²) in [6, 6.07) is 12.2. The maximum atomic E-state index is 12.4. The van der Waals surface area contributed by atoms with E-state index in [0.29, 0.717) is 11.3 Å². The third kappa shape index (κ3) is 2.67. The number of carbonyl (C=O) groups is 2. The number of carboxylic acids is 1. The summed E-state index contributed by atoms with van der Waals surface area (Å²) in [5, 5.41) is 12.4. The maximum absolute atomic E-state index is 12.4. The average molecular weight is 286 g/mol. The van der Waals surface area contributed by atoms with Gasteiger partial charge in [0.25, 0.3) is 5.91 Å². The molecule has 2 rings (SSSR count). The van der Waals surface area contributed by atoms with Crippen molar-refractivity contribution >= 4 is 11.9 Å². The lowest BCUT2D eigenvalue weighted by molar-refractivity contribution is -0.145. The van der Waals surface area contributed by atoms with Gasteiger partial charge in [-0.25, -0.2) is 4.79 Å². The zero-order chi connectivity index (χ0) is 15.5. The first-order valence-electron chi connectivity index (χ1n) is 6.74. The maximum Gasteiger partial charge on any atom is 0.334 e. The SMILES string of the molecule is CC[C@@](NC(=O)c1cccn1C)(C(=O)O)c1ccccc1. The molecule has 0 aliphatic heterocycles. The average Bonchev–Trinajstić information content (AvgIpc) is 2.91. The van der Waals surface area contributed by atoms with E-state index >= 15 is 0 Å². The lowest BCUT2D eigenvalue weighted by Crippen LogP contribution is -2.51. The minimum atomic E-state index is -1.43. The second-order valence-corrected chi connectivity index (χ2v) is 4.89. The van der Waals surface area contributed by atoms with Crippen LogP contribution in [-0.4, -0.2) is 21.6 Å². The molecule has 110 valence electrons. The Kier molecular flexibility index (Phi) is 4.12. The number of hydrogen-bond donors (Lipinski definition) is 2. The molecule has 0 saturated carbocycles. The van der Waals surface area contributed by atoms with Gasteiger partial charge in [0, 0.05) is 13.2 Å².